The smallest absolute Gasteiger partial charge is 0.128 e. The van der Waals surface area contributed by atoms with Crippen molar-refractivity contribution in [1.82, 2.24) is 0 Å². The molecule has 0 bridgehead atoms. The summed E-state index contributed by atoms with van der Waals surface area (Å²) in [4.78, 5) is 14.1. The predicted molar refractivity (Wildman–Crippen MR) is 583 cm³/mol. The van der Waals surface area contributed by atoms with E-state index in [-0.39, 0.29) is 96.2 Å². The van der Waals surface area contributed by atoms with Crippen molar-refractivity contribution in [2.75, 3.05) is 94.1 Å². The van der Waals surface area contributed by atoms with Gasteiger partial charge in [0.1, 0.15) is 51.7 Å². The topological polar surface area (TPSA) is 169 Å². The molecular weight excluding hydrogens is 1820 g/mol. The van der Waals surface area contributed by atoms with E-state index in [0.29, 0.717) is 53.0 Å². The molecule has 15 nitrogen and oxygen atoms in total. The molecule has 18 rings (SSSR count). The largest absolute Gasteiger partial charge is 0.507 e. The molecule has 6 aliphatic heterocycles. The fourth-order valence-corrected chi connectivity index (χ4v) is 22.7. The third-order valence-corrected chi connectivity index (χ3v) is 30.2. The Morgan fingerprint density at radius 2 is 0.603 bits per heavy atom. The maximum atomic E-state index is 10.6. The zero-order valence-corrected chi connectivity index (χ0v) is 89.5. The number of rotatable bonds is 13. The Morgan fingerprint density at radius 1 is 0.331 bits per heavy atom. The Kier molecular flexibility index (Phi) is 31.2. The van der Waals surface area contributed by atoms with E-state index in [4.69, 9.17) is 83.8 Å². The van der Waals surface area contributed by atoms with Gasteiger partial charge in [0.15, 0.2) is 0 Å². The van der Waals surface area contributed by atoms with Crippen molar-refractivity contribution in [3.8, 4) is 51.7 Å². The molecule has 10 atom stereocenters. The number of fused-ring (bicyclic) bond motifs is 18. The number of hydrogen-bond donors (Lipinski definition) is 6. The highest BCUT2D eigenvalue weighted by atomic mass is 35.5. The van der Waals surface area contributed by atoms with Gasteiger partial charge >= 0.3 is 0 Å². The van der Waals surface area contributed by atoms with Gasteiger partial charge in [-0.15, -0.1) is 69.6 Å². The molecule has 0 aromatic heterocycles. The quantitative estimate of drug-likeness (QED) is 0.0603. The number of benzene rings is 12. The summed E-state index contributed by atoms with van der Waals surface area (Å²) in [6, 6.07) is 51.2. The predicted octanol–water partition coefficient (Wildman–Crippen LogP) is 30.8. The van der Waals surface area contributed by atoms with Crippen molar-refractivity contribution in [2.45, 2.75) is 289 Å². The lowest BCUT2D eigenvalue weighted by atomic mass is 9.90. The Labute approximate surface area is 838 Å². The molecular formula is C115H146Cl6N6O9. The zero-order valence-electron chi connectivity index (χ0n) is 85.0. The van der Waals surface area contributed by atoms with Gasteiger partial charge in [-0.3, -0.25) is 0 Å². The molecule has 0 fully saturated rings. The average molecular weight is 1970 g/mol. The first-order valence-electron chi connectivity index (χ1n) is 48.5. The first kappa shape index (κ1) is 104. The fraction of sp³-hybridized carbons (Fsp3) is 0.478. The second kappa shape index (κ2) is 40.6. The van der Waals surface area contributed by atoms with E-state index in [1.165, 1.54) is 44.3 Å². The first-order chi connectivity index (χ1) is 63.7. The minimum atomic E-state index is -0.0442. The molecule has 732 valence electrons. The maximum Gasteiger partial charge on any atom is 0.128 e. The lowest BCUT2D eigenvalue weighted by Gasteiger charge is -2.35. The van der Waals surface area contributed by atoms with E-state index in [9.17, 15) is 30.6 Å². The van der Waals surface area contributed by atoms with Crippen LogP contribution in [0.1, 0.15) is 260 Å². The third kappa shape index (κ3) is 20.6. The lowest BCUT2D eigenvalue weighted by Crippen LogP contribution is -2.41. The van der Waals surface area contributed by atoms with E-state index in [1.54, 1.807) is 7.11 Å². The molecule has 6 heterocycles. The Morgan fingerprint density at radius 3 is 0.941 bits per heavy atom. The number of methoxy groups -OCH3 is 1. The summed E-state index contributed by atoms with van der Waals surface area (Å²) in [5, 5.41) is 75.0. The zero-order chi connectivity index (χ0) is 99.7. The molecule has 0 amide bonds. The molecule has 136 heavy (non-hydrogen) atoms. The summed E-state index contributed by atoms with van der Waals surface area (Å²) >= 11 is 38.8. The number of hydrogen-bond acceptors (Lipinski definition) is 15. The van der Waals surface area contributed by atoms with E-state index < -0.39 is 0 Å². The van der Waals surface area contributed by atoms with Crippen LogP contribution in [0.5, 0.6) is 51.7 Å². The maximum absolute atomic E-state index is 10.6. The third-order valence-electron chi connectivity index (χ3n) is 27.9. The van der Waals surface area contributed by atoms with Crippen molar-refractivity contribution >= 4 is 168 Å². The second-order valence-corrected chi connectivity index (χ2v) is 47.3. The SMILES string of the molecule is CC(C)Oc1cccc2c(O)cc3c(c12)[C@H](CCl)CN3C(C)(C)C.CCCOc1cccc2c(O)cc3c(c12)[C@H](CCl)CN3C(C)(C)C.CC[C@@H](Cl)[C@@H]1CN(C(C)(C)C)c2cc(O)c3ccccc3c21.COc1cccc2c(O)cc3c(c12)[C@H]([C@@H](C)Cl)CN3C(C)(C)C.C[C@@H](Cl)[C@@H]1CN(C(C)(C)C)c2cc(O)c3ccccc3c21.Cc1cccc2c(O)cc3c(c12)[C@H]([C@@H](C)Cl)CN3C(C)(C)C. The monoisotopic (exact) mass is 1960 g/mol. The molecule has 0 unspecified atom stereocenters. The van der Waals surface area contributed by atoms with Crippen LogP contribution in [0.3, 0.4) is 0 Å². The van der Waals surface area contributed by atoms with Gasteiger partial charge in [0.05, 0.1) is 19.8 Å². The summed E-state index contributed by atoms with van der Waals surface area (Å²) in [6.45, 7) is 62.0. The van der Waals surface area contributed by atoms with Crippen LogP contribution >= 0.6 is 69.6 Å². The van der Waals surface area contributed by atoms with E-state index in [2.05, 4.69) is 207 Å². The van der Waals surface area contributed by atoms with E-state index in [1.807, 2.05) is 160 Å². The second-order valence-electron chi connectivity index (χ2n) is 44.1. The number of anilines is 6. The molecule has 0 radical (unpaired) electrons. The summed E-state index contributed by atoms with van der Waals surface area (Å²) in [5.74, 6) is 7.01. The van der Waals surface area contributed by atoms with Gasteiger partial charge in [-0.2, -0.15) is 0 Å². The molecule has 21 heteroatoms. The van der Waals surface area contributed by atoms with Gasteiger partial charge in [-0.05, 0) is 252 Å². The number of aromatic hydroxyl groups is 6. The molecule has 6 aliphatic rings. The normalized spacial score (nSPS) is 18.8. The highest BCUT2D eigenvalue weighted by molar-refractivity contribution is 6.23. The number of ether oxygens (including phenoxy) is 3. The van der Waals surface area contributed by atoms with Gasteiger partial charge < -0.3 is 74.2 Å². The Hall–Kier alpha value is -9.06. The molecule has 0 saturated carbocycles. The minimum Gasteiger partial charge on any atom is -0.507 e. The van der Waals surface area contributed by atoms with Crippen LogP contribution in [0.15, 0.2) is 158 Å². The highest BCUT2D eigenvalue weighted by Gasteiger charge is 2.46. The molecule has 0 aliphatic carbocycles. The summed E-state index contributed by atoms with van der Waals surface area (Å²) in [6.07, 6.45) is 1.96. The number of alkyl halides is 6. The Balaban J connectivity index is 0.000000138. The number of phenols is 6. The standard InChI is InChI=1S/2C20H26ClNO2.C19H24ClNO2.2C19H24ClNO.C18H22ClNO/c1-12(2)24-17-8-6-7-14-16(23)9-15-18(19(14)17)13(10-21)11-22(15)20(3,4)5;1-5-9-24-17-8-6-7-14-16(23)10-15-18(19(14)17)13(11-21)12-22(15)20(2,3)4;1-11(20)13-10-21(19(2,3)4)14-9-15(22)12-7-6-8-16(23-5)18(12)17(13)14;1-11-7-6-8-13-16(22)9-15-18(17(11)13)14(12(2)20)10-21(15)19(3,4)5;1-5-15(20)14-11-21(19(2,3)4)16-10-17(22)12-8-6-7-9-13(12)18(14)16;1-11(19)14-10-20(18(2,3)4)15-9-16(21)12-7-5-6-8-13(12)17(14)15/h6-9,12-13,23H,10-11H2,1-5H3;6-8,10,13,23H,5,9,11-12H2,1-4H3;6-9,11,13,22H,10H2,1-5H3;6-9,12,14,22H,10H2,1-5H3;6-10,14-15,22H,5,11H2,1-4H3;5-9,11,14,21H,10H2,1-4H3/t2*13-;11-,13+;12-,14+;14-,15+;11-,14+/m111101/s1. The molecule has 12 aromatic rings. The van der Waals surface area contributed by atoms with E-state index in [0.717, 1.165) is 163 Å². The van der Waals surface area contributed by atoms with Gasteiger partial charge in [0.2, 0.25) is 0 Å². The molecule has 12 aromatic carbocycles. The van der Waals surface area contributed by atoms with Gasteiger partial charge in [-0.1, -0.05) is 117 Å². The number of nitrogens with zero attached hydrogens (tertiary/aromatic N) is 6. The fourth-order valence-electron chi connectivity index (χ4n) is 21.4. The van der Waals surface area contributed by atoms with Crippen LogP contribution in [-0.4, -0.2) is 156 Å². The van der Waals surface area contributed by atoms with Crippen molar-refractivity contribution in [1.29, 1.82) is 0 Å². The lowest BCUT2D eigenvalue weighted by molar-refractivity contribution is 0.245. The molecule has 0 spiro atoms. The Bertz CT molecular complexity index is 6360. The van der Waals surface area contributed by atoms with Crippen LogP contribution in [-0.2, 0) is 0 Å². The van der Waals surface area contributed by atoms with Crippen LogP contribution in [0.2, 0.25) is 0 Å². The van der Waals surface area contributed by atoms with Gasteiger partial charge in [0, 0.05) is 260 Å². The van der Waals surface area contributed by atoms with Gasteiger partial charge in [-0.25, -0.2) is 0 Å². The number of phenolic OH excluding ortho intramolecular Hbond substituents is 6. The van der Waals surface area contributed by atoms with Gasteiger partial charge in [0.25, 0.3) is 0 Å². The van der Waals surface area contributed by atoms with Crippen LogP contribution in [0.4, 0.5) is 34.1 Å². The molecule has 6 N–H and O–H groups in total. The number of aryl methyl sites for hydroxylation is 1. The van der Waals surface area contributed by atoms with Crippen molar-refractivity contribution in [3.05, 3.63) is 197 Å². The minimum absolute atomic E-state index is 0.00115. The van der Waals surface area contributed by atoms with Crippen LogP contribution in [0, 0.1) is 6.92 Å². The summed E-state index contributed by atoms with van der Waals surface area (Å²) < 4.78 is 17.6. The summed E-state index contributed by atoms with van der Waals surface area (Å²) in [5.41, 5.74) is 15.1. The van der Waals surface area contributed by atoms with Crippen molar-refractivity contribution in [2.24, 2.45) is 0 Å². The van der Waals surface area contributed by atoms with Crippen molar-refractivity contribution < 1.29 is 44.8 Å². The van der Waals surface area contributed by atoms with E-state index >= 15 is 0 Å². The van der Waals surface area contributed by atoms with Crippen molar-refractivity contribution in [3.63, 3.8) is 0 Å². The first-order valence-corrected chi connectivity index (χ1v) is 51.3. The summed E-state index contributed by atoms with van der Waals surface area (Å²) in [7, 11) is 1.67. The highest BCUT2D eigenvalue weighted by Crippen LogP contribution is 2.58. The van der Waals surface area contributed by atoms with Crippen LogP contribution in [0.25, 0.3) is 64.6 Å². The average Bonchev–Trinajstić information content (AvgIpc) is 1.56. The van der Waals surface area contributed by atoms with Crippen LogP contribution < -0.4 is 43.6 Å². The number of halogens is 6. The molecule has 0 saturated heterocycles.